The first-order valence-corrected chi connectivity index (χ1v) is 7.99. The van der Waals surface area contributed by atoms with Crippen molar-refractivity contribution in [1.82, 2.24) is 0 Å². The van der Waals surface area contributed by atoms with E-state index in [0.717, 1.165) is 24.7 Å². The first kappa shape index (κ1) is 16.2. The van der Waals surface area contributed by atoms with Gasteiger partial charge in [0.1, 0.15) is 0 Å². The molecule has 1 aromatic rings. The topological polar surface area (TPSA) is 24.4 Å². The summed E-state index contributed by atoms with van der Waals surface area (Å²) in [5.74, 6) is 0.889. The third kappa shape index (κ3) is 3.73. The summed E-state index contributed by atoms with van der Waals surface area (Å²) in [4.78, 5) is 4.44. The van der Waals surface area contributed by atoms with Gasteiger partial charge >= 0.3 is 6.18 Å². The predicted octanol–water partition coefficient (Wildman–Crippen LogP) is 5.03. The number of nitrogens with zero attached hydrogens (tertiary/aromatic N) is 1. The van der Waals surface area contributed by atoms with Gasteiger partial charge in [-0.3, -0.25) is 4.99 Å². The first-order valence-electron chi connectivity index (χ1n) is 7.01. The molecule has 21 heavy (non-hydrogen) atoms. The molecular weight excluding hydrogens is 297 g/mol. The Labute approximate surface area is 127 Å². The van der Waals surface area contributed by atoms with Gasteiger partial charge < -0.3 is 5.32 Å². The van der Waals surface area contributed by atoms with Crippen LogP contribution in [0, 0.1) is 5.41 Å². The third-order valence-electron chi connectivity index (χ3n) is 4.05. The van der Waals surface area contributed by atoms with Gasteiger partial charge in [-0.25, -0.2) is 0 Å². The Bertz CT molecular complexity index is 522. The number of alkyl halides is 3. The van der Waals surface area contributed by atoms with E-state index < -0.39 is 11.7 Å². The van der Waals surface area contributed by atoms with Crippen molar-refractivity contribution in [2.24, 2.45) is 10.4 Å². The van der Waals surface area contributed by atoms with E-state index >= 15 is 0 Å². The molecule has 0 fully saturated rings. The number of nitrogens with one attached hydrogen (secondary N) is 1. The normalized spacial score (nSPS) is 18.2. The van der Waals surface area contributed by atoms with Crippen molar-refractivity contribution < 1.29 is 13.2 Å². The quantitative estimate of drug-likeness (QED) is 0.846. The zero-order valence-corrected chi connectivity index (χ0v) is 12.9. The van der Waals surface area contributed by atoms with Crippen molar-refractivity contribution in [1.29, 1.82) is 0 Å². The Morgan fingerprint density at radius 1 is 1.24 bits per heavy atom. The lowest BCUT2D eigenvalue weighted by Gasteiger charge is -2.33. The number of amidine groups is 1. The van der Waals surface area contributed by atoms with Gasteiger partial charge in [-0.2, -0.15) is 13.2 Å². The fourth-order valence-corrected chi connectivity index (χ4v) is 3.54. The Morgan fingerprint density at radius 3 is 2.43 bits per heavy atom. The number of thioether (sulfide) groups is 1. The van der Waals surface area contributed by atoms with E-state index in [4.69, 9.17) is 0 Å². The van der Waals surface area contributed by atoms with E-state index in [2.05, 4.69) is 24.2 Å². The molecule has 1 aliphatic rings. The molecule has 0 saturated carbocycles. The minimum Gasteiger partial charge on any atom is -0.334 e. The van der Waals surface area contributed by atoms with Crippen LogP contribution in [0.25, 0.3) is 0 Å². The van der Waals surface area contributed by atoms with Crippen molar-refractivity contribution in [3.63, 3.8) is 0 Å². The molecule has 1 heterocycles. The van der Waals surface area contributed by atoms with Crippen LogP contribution < -0.4 is 5.32 Å². The Balaban J connectivity index is 2.16. The molecule has 0 unspecified atom stereocenters. The van der Waals surface area contributed by atoms with Crippen molar-refractivity contribution in [2.75, 3.05) is 17.6 Å². The average molecular weight is 316 g/mol. The van der Waals surface area contributed by atoms with Crippen LogP contribution in [0.1, 0.15) is 32.3 Å². The summed E-state index contributed by atoms with van der Waals surface area (Å²) in [6, 6.07) is 5.50. The smallest absolute Gasteiger partial charge is 0.334 e. The van der Waals surface area contributed by atoms with Crippen LogP contribution >= 0.6 is 11.8 Å². The zero-order valence-electron chi connectivity index (χ0n) is 12.1. The number of hydrogen-bond donors (Lipinski definition) is 1. The number of anilines is 1. The monoisotopic (exact) mass is 316 g/mol. The van der Waals surface area contributed by atoms with Crippen molar-refractivity contribution in [3.8, 4) is 0 Å². The molecule has 0 aliphatic carbocycles. The molecule has 1 aromatic carbocycles. The number of hydrogen-bond acceptors (Lipinski definition) is 3. The molecule has 0 amide bonds. The lowest BCUT2D eigenvalue weighted by molar-refractivity contribution is -0.136. The highest BCUT2D eigenvalue weighted by Gasteiger charge is 2.34. The Morgan fingerprint density at radius 2 is 1.90 bits per heavy atom. The Hall–Kier alpha value is -1.17. The summed E-state index contributed by atoms with van der Waals surface area (Å²) < 4.78 is 38.8. The number of halogens is 3. The summed E-state index contributed by atoms with van der Waals surface area (Å²) in [5, 5.41) is 3.41. The molecule has 1 aliphatic heterocycles. The number of benzene rings is 1. The maximum atomic E-state index is 12.9. The summed E-state index contributed by atoms with van der Waals surface area (Å²) in [6.45, 7) is 4.94. The third-order valence-corrected chi connectivity index (χ3v) is 5.31. The highest BCUT2D eigenvalue weighted by molar-refractivity contribution is 8.14. The fourth-order valence-electron chi connectivity index (χ4n) is 2.26. The van der Waals surface area contributed by atoms with E-state index in [1.165, 1.54) is 23.9 Å². The second kappa shape index (κ2) is 6.30. The van der Waals surface area contributed by atoms with Crippen molar-refractivity contribution in [3.05, 3.63) is 29.8 Å². The second-order valence-electron chi connectivity index (χ2n) is 5.29. The standard InChI is InChI=1S/C15H19F3N2S/c1-3-14(4-2)9-19-13(21-10-14)20-12-8-6-5-7-11(12)15(16,17)18/h5-8H,3-4,9-10H2,1-2H3,(H,19,20). The molecule has 2 nitrogen and oxygen atoms in total. The van der Waals surface area contributed by atoms with Crippen LogP contribution in [0.5, 0.6) is 0 Å². The molecule has 0 atom stereocenters. The SMILES string of the molecule is CCC1(CC)CN=C(Nc2ccccc2C(F)(F)F)SC1. The van der Waals surface area contributed by atoms with Crippen LogP contribution in [0.4, 0.5) is 18.9 Å². The molecule has 0 radical (unpaired) electrons. The molecule has 2 rings (SSSR count). The van der Waals surface area contributed by atoms with Gasteiger partial charge in [-0.05, 0) is 30.4 Å². The van der Waals surface area contributed by atoms with E-state index in [9.17, 15) is 13.2 Å². The van der Waals surface area contributed by atoms with Gasteiger partial charge in [0, 0.05) is 12.3 Å². The van der Waals surface area contributed by atoms with E-state index in [-0.39, 0.29) is 11.1 Å². The molecule has 0 bridgehead atoms. The van der Waals surface area contributed by atoms with E-state index in [1.54, 1.807) is 6.07 Å². The molecule has 1 N–H and O–H groups in total. The second-order valence-corrected chi connectivity index (χ2v) is 6.25. The number of aliphatic imine (C=N–C) groups is 1. The van der Waals surface area contributed by atoms with E-state index in [0.29, 0.717) is 11.7 Å². The van der Waals surface area contributed by atoms with Crippen LogP contribution in [-0.4, -0.2) is 17.5 Å². The van der Waals surface area contributed by atoms with Gasteiger partial charge in [-0.15, -0.1) is 0 Å². The van der Waals surface area contributed by atoms with Crippen molar-refractivity contribution in [2.45, 2.75) is 32.9 Å². The van der Waals surface area contributed by atoms with Gasteiger partial charge in [0.25, 0.3) is 0 Å². The van der Waals surface area contributed by atoms with Crippen LogP contribution in [0.3, 0.4) is 0 Å². The molecule has 0 saturated heterocycles. The fraction of sp³-hybridized carbons (Fsp3) is 0.533. The zero-order chi connectivity index (χ0) is 15.5. The van der Waals surface area contributed by atoms with Crippen molar-refractivity contribution >= 4 is 22.6 Å². The summed E-state index contributed by atoms with van der Waals surface area (Å²) in [5.41, 5.74) is -0.410. The number of rotatable bonds is 3. The van der Waals surface area contributed by atoms with Gasteiger partial charge in [0.15, 0.2) is 5.17 Å². The molecule has 0 aromatic heterocycles. The molecule has 6 heteroatoms. The molecule has 116 valence electrons. The lowest BCUT2D eigenvalue weighted by atomic mass is 9.84. The summed E-state index contributed by atoms with van der Waals surface area (Å²) >= 11 is 1.51. The lowest BCUT2D eigenvalue weighted by Crippen LogP contribution is -2.32. The molecule has 0 spiro atoms. The van der Waals surface area contributed by atoms with Crippen LogP contribution in [0.15, 0.2) is 29.3 Å². The maximum absolute atomic E-state index is 12.9. The number of para-hydroxylation sites is 1. The van der Waals surface area contributed by atoms with Crippen LogP contribution in [0.2, 0.25) is 0 Å². The highest BCUT2D eigenvalue weighted by atomic mass is 32.2. The summed E-state index contributed by atoms with van der Waals surface area (Å²) in [6.07, 6.45) is -2.29. The van der Waals surface area contributed by atoms with Gasteiger partial charge in [0.05, 0.1) is 11.3 Å². The maximum Gasteiger partial charge on any atom is 0.418 e. The Kier molecular flexibility index (Phi) is 4.86. The highest BCUT2D eigenvalue weighted by Crippen LogP contribution is 2.38. The van der Waals surface area contributed by atoms with E-state index in [1.807, 2.05) is 0 Å². The minimum absolute atomic E-state index is 0.0664. The van der Waals surface area contributed by atoms with Gasteiger partial charge in [0.2, 0.25) is 0 Å². The largest absolute Gasteiger partial charge is 0.418 e. The van der Waals surface area contributed by atoms with Crippen LogP contribution in [-0.2, 0) is 6.18 Å². The van der Waals surface area contributed by atoms with Gasteiger partial charge in [-0.1, -0.05) is 37.7 Å². The molecular formula is C15H19F3N2S. The predicted molar refractivity (Wildman–Crippen MR) is 82.8 cm³/mol. The first-order chi connectivity index (χ1) is 9.90. The average Bonchev–Trinajstić information content (AvgIpc) is 2.48. The summed E-state index contributed by atoms with van der Waals surface area (Å²) in [7, 11) is 0. The minimum atomic E-state index is -4.36.